The Hall–Kier alpha value is -2.57. The Kier molecular flexibility index (Phi) is 4.07. The van der Waals surface area contributed by atoms with Crippen molar-refractivity contribution in [3.8, 4) is 11.5 Å². The van der Waals surface area contributed by atoms with Gasteiger partial charge in [0.05, 0.1) is 10.5 Å². The summed E-state index contributed by atoms with van der Waals surface area (Å²) in [5, 5.41) is 11.0. The Morgan fingerprint density at radius 3 is 2.36 bits per heavy atom. The number of halogens is 3. The Morgan fingerprint density at radius 2 is 1.77 bits per heavy atom. The van der Waals surface area contributed by atoms with Gasteiger partial charge in [0.1, 0.15) is 5.75 Å². The van der Waals surface area contributed by atoms with Crippen molar-refractivity contribution in [1.29, 1.82) is 0 Å². The van der Waals surface area contributed by atoms with Gasteiger partial charge in [-0.2, -0.15) is 13.2 Å². The van der Waals surface area contributed by atoms with E-state index in [9.17, 15) is 23.3 Å². The molecule has 2 rings (SSSR count). The van der Waals surface area contributed by atoms with Crippen LogP contribution in [0.4, 0.5) is 18.9 Å². The van der Waals surface area contributed by atoms with Crippen molar-refractivity contribution in [2.75, 3.05) is 0 Å². The lowest BCUT2D eigenvalue weighted by molar-refractivity contribution is -0.385. The maximum Gasteiger partial charge on any atom is 0.416 e. The molecule has 0 aliphatic carbocycles. The van der Waals surface area contributed by atoms with Crippen molar-refractivity contribution in [2.45, 2.75) is 20.0 Å². The number of aryl methyl sites for hydroxylation is 1. The van der Waals surface area contributed by atoms with Crippen LogP contribution in [0.15, 0.2) is 36.4 Å². The number of alkyl halides is 3. The molecular formula is C15H12F3NO3. The molecule has 0 aliphatic rings. The van der Waals surface area contributed by atoms with Gasteiger partial charge in [0.2, 0.25) is 5.75 Å². The highest BCUT2D eigenvalue weighted by atomic mass is 19.4. The van der Waals surface area contributed by atoms with E-state index in [2.05, 4.69) is 0 Å². The number of hydrogen-bond donors (Lipinski definition) is 0. The van der Waals surface area contributed by atoms with Crippen LogP contribution >= 0.6 is 0 Å². The second kappa shape index (κ2) is 5.67. The van der Waals surface area contributed by atoms with Crippen LogP contribution in [-0.2, 0) is 6.18 Å². The van der Waals surface area contributed by atoms with Gasteiger partial charge in [-0.05, 0) is 43.2 Å². The maximum atomic E-state index is 12.6. The molecule has 0 bridgehead atoms. The normalized spacial score (nSPS) is 11.3. The zero-order valence-corrected chi connectivity index (χ0v) is 11.8. The molecule has 7 heteroatoms. The van der Waals surface area contributed by atoms with E-state index >= 15 is 0 Å². The molecule has 0 heterocycles. The van der Waals surface area contributed by atoms with Gasteiger partial charge in [0, 0.05) is 6.07 Å². The summed E-state index contributed by atoms with van der Waals surface area (Å²) in [7, 11) is 0. The van der Waals surface area contributed by atoms with E-state index < -0.39 is 22.4 Å². The molecule has 22 heavy (non-hydrogen) atoms. The molecule has 0 saturated carbocycles. The number of benzene rings is 2. The van der Waals surface area contributed by atoms with Crippen LogP contribution in [0.5, 0.6) is 11.5 Å². The predicted molar refractivity (Wildman–Crippen MR) is 74.1 cm³/mol. The highest BCUT2D eigenvalue weighted by Gasteiger charge is 2.33. The lowest BCUT2D eigenvalue weighted by Crippen LogP contribution is -2.06. The average Bonchev–Trinajstić information content (AvgIpc) is 2.43. The van der Waals surface area contributed by atoms with Gasteiger partial charge < -0.3 is 4.74 Å². The molecular weight excluding hydrogens is 299 g/mol. The summed E-state index contributed by atoms with van der Waals surface area (Å²) >= 11 is 0. The molecule has 4 nitrogen and oxygen atoms in total. The fourth-order valence-corrected chi connectivity index (χ4v) is 1.88. The van der Waals surface area contributed by atoms with Crippen molar-refractivity contribution >= 4 is 5.69 Å². The summed E-state index contributed by atoms with van der Waals surface area (Å²) in [6, 6.07) is 7.33. The number of nitrogens with zero attached hydrogens (tertiary/aromatic N) is 1. The van der Waals surface area contributed by atoms with Crippen LogP contribution in [0.1, 0.15) is 16.7 Å². The van der Waals surface area contributed by atoms with Gasteiger partial charge in [0.15, 0.2) is 0 Å². The number of nitro groups is 1. The van der Waals surface area contributed by atoms with E-state index in [1.807, 2.05) is 13.0 Å². The summed E-state index contributed by atoms with van der Waals surface area (Å²) < 4.78 is 43.4. The van der Waals surface area contributed by atoms with Crippen LogP contribution in [0.25, 0.3) is 0 Å². The first-order valence-electron chi connectivity index (χ1n) is 6.30. The molecule has 0 saturated heterocycles. The number of rotatable bonds is 3. The van der Waals surface area contributed by atoms with Crippen molar-refractivity contribution in [1.82, 2.24) is 0 Å². The van der Waals surface area contributed by atoms with E-state index in [4.69, 9.17) is 4.74 Å². The Labute approximate surface area is 124 Å². The van der Waals surface area contributed by atoms with Crippen molar-refractivity contribution in [3.63, 3.8) is 0 Å². The first-order valence-corrected chi connectivity index (χ1v) is 6.30. The zero-order valence-electron chi connectivity index (χ0n) is 11.8. The monoisotopic (exact) mass is 311 g/mol. The summed E-state index contributed by atoms with van der Waals surface area (Å²) in [6.07, 6.45) is -4.65. The largest absolute Gasteiger partial charge is 0.450 e. The van der Waals surface area contributed by atoms with Gasteiger partial charge in [-0.3, -0.25) is 10.1 Å². The Balaban J connectivity index is 2.47. The van der Waals surface area contributed by atoms with Gasteiger partial charge in [-0.25, -0.2) is 0 Å². The minimum Gasteiger partial charge on any atom is -0.450 e. The molecule has 0 aliphatic heterocycles. The second-order valence-corrected chi connectivity index (χ2v) is 4.74. The summed E-state index contributed by atoms with van der Waals surface area (Å²) in [4.78, 5) is 10.1. The van der Waals surface area contributed by atoms with E-state index in [-0.39, 0.29) is 5.75 Å². The maximum absolute atomic E-state index is 12.6. The molecule has 0 amide bonds. The molecule has 0 fully saturated rings. The lowest BCUT2D eigenvalue weighted by Gasteiger charge is -2.12. The third-order valence-corrected chi connectivity index (χ3v) is 3.26. The van der Waals surface area contributed by atoms with E-state index in [0.717, 1.165) is 23.3 Å². The zero-order chi connectivity index (χ0) is 16.5. The van der Waals surface area contributed by atoms with Gasteiger partial charge in [-0.1, -0.05) is 12.1 Å². The van der Waals surface area contributed by atoms with E-state index in [1.54, 1.807) is 19.1 Å². The minimum atomic E-state index is -4.65. The van der Waals surface area contributed by atoms with E-state index in [0.29, 0.717) is 11.8 Å². The molecule has 0 spiro atoms. The molecule has 2 aromatic carbocycles. The fraction of sp³-hybridized carbons (Fsp3) is 0.200. The predicted octanol–water partition coefficient (Wildman–Crippen LogP) is 5.02. The minimum absolute atomic E-state index is 0.230. The first kappa shape index (κ1) is 15.8. The highest BCUT2D eigenvalue weighted by Crippen LogP contribution is 2.38. The second-order valence-electron chi connectivity index (χ2n) is 4.74. The lowest BCUT2D eigenvalue weighted by atomic mass is 10.1. The molecule has 0 radical (unpaired) electrons. The summed E-state index contributed by atoms with van der Waals surface area (Å²) in [6.45, 7) is 3.60. The van der Waals surface area contributed by atoms with Crippen molar-refractivity contribution in [2.24, 2.45) is 0 Å². The average molecular weight is 311 g/mol. The third kappa shape index (κ3) is 3.19. The summed E-state index contributed by atoms with van der Waals surface area (Å²) in [5.74, 6) is 0.134. The third-order valence-electron chi connectivity index (χ3n) is 3.26. The van der Waals surface area contributed by atoms with Crippen LogP contribution in [-0.4, -0.2) is 4.92 Å². The Bertz CT molecular complexity index is 726. The number of nitro benzene ring substituents is 1. The topological polar surface area (TPSA) is 52.4 Å². The number of ether oxygens (including phenoxy) is 1. The van der Waals surface area contributed by atoms with Crippen LogP contribution in [0.3, 0.4) is 0 Å². The van der Waals surface area contributed by atoms with Gasteiger partial charge in [0.25, 0.3) is 0 Å². The first-order chi connectivity index (χ1) is 10.2. The quantitative estimate of drug-likeness (QED) is 0.590. The standard InChI is InChI=1S/C15H12F3NO3/c1-9-4-3-5-13(10(9)2)22-14-7-6-11(15(16,17)18)8-12(14)19(20)21/h3-8H,1-2H3. The van der Waals surface area contributed by atoms with Crippen molar-refractivity contribution < 1.29 is 22.8 Å². The fourth-order valence-electron chi connectivity index (χ4n) is 1.88. The van der Waals surface area contributed by atoms with Crippen LogP contribution in [0.2, 0.25) is 0 Å². The molecule has 0 atom stereocenters. The smallest absolute Gasteiger partial charge is 0.416 e. The molecule has 0 N–H and O–H groups in total. The molecule has 0 unspecified atom stereocenters. The van der Waals surface area contributed by atoms with Gasteiger partial charge >= 0.3 is 11.9 Å². The van der Waals surface area contributed by atoms with Gasteiger partial charge in [-0.15, -0.1) is 0 Å². The number of hydrogen-bond acceptors (Lipinski definition) is 3. The summed E-state index contributed by atoms with van der Waals surface area (Å²) in [5.41, 5.74) is -0.146. The Morgan fingerprint density at radius 1 is 1.09 bits per heavy atom. The highest BCUT2D eigenvalue weighted by molar-refractivity contribution is 5.52. The van der Waals surface area contributed by atoms with E-state index in [1.165, 1.54) is 0 Å². The molecule has 116 valence electrons. The van der Waals surface area contributed by atoms with Crippen LogP contribution < -0.4 is 4.74 Å². The SMILES string of the molecule is Cc1cccc(Oc2ccc(C(F)(F)F)cc2[N+](=O)[O-])c1C. The molecule has 2 aromatic rings. The molecule has 0 aromatic heterocycles. The van der Waals surface area contributed by atoms with Crippen LogP contribution in [0, 0.1) is 24.0 Å². The van der Waals surface area contributed by atoms with Crippen molar-refractivity contribution in [3.05, 3.63) is 63.2 Å².